The summed E-state index contributed by atoms with van der Waals surface area (Å²) >= 11 is 5.16. The minimum absolute atomic E-state index is 0.407. The maximum Gasteiger partial charge on any atom is 0.307 e. The van der Waals surface area contributed by atoms with Gasteiger partial charge in [0.1, 0.15) is 0 Å². The van der Waals surface area contributed by atoms with E-state index in [2.05, 4.69) is 0 Å². The number of rotatable bonds is 3. The largest absolute Gasteiger partial charge is 0.481 e. The fourth-order valence-electron chi connectivity index (χ4n) is 1.97. The van der Waals surface area contributed by atoms with Crippen molar-refractivity contribution < 1.29 is 19.5 Å². The van der Waals surface area contributed by atoms with Crippen molar-refractivity contribution in [1.29, 1.82) is 0 Å². The van der Waals surface area contributed by atoms with Crippen LogP contribution in [-0.4, -0.2) is 22.2 Å². The summed E-state index contributed by atoms with van der Waals surface area (Å²) in [5, 5.41) is 8.31. The van der Waals surface area contributed by atoms with Gasteiger partial charge in [0.25, 0.3) is 5.24 Å². The van der Waals surface area contributed by atoms with Crippen molar-refractivity contribution in [3.05, 3.63) is 48.0 Å². The van der Waals surface area contributed by atoms with Gasteiger partial charge >= 0.3 is 5.97 Å². The first-order valence-corrected chi connectivity index (χ1v) is 6.75. The van der Waals surface area contributed by atoms with Crippen LogP contribution in [0.3, 0.4) is 0 Å². The Morgan fingerprint density at radius 1 is 1.19 bits per heavy atom. The lowest BCUT2D eigenvalue weighted by Gasteiger charge is -2.20. The summed E-state index contributed by atoms with van der Waals surface area (Å²) in [5.74, 6) is -2.76. The van der Waals surface area contributed by atoms with Gasteiger partial charge in [0.2, 0.25) is 5.91 Å². The van der Waals surface area contributed by atoms with Gasteiger partial charge in [0.15, 0.2) is 0 Å². The van der Waals surface area contributed by atoms with E-state index in [0.717, 1.165) is 0 Å². The Hall–Kier alpha value is -2.14. The predicted molar refractivity (Wildman–Crippen MR) is 78.8 cm³/mol. The van der Waals surface area contributed by atoms with Gasteiger partial charge in [-0.05, 0) is 24.4 Å². The van der Waals surface area contributed by atoms with Gasteiger partial charge in [-0.15, -0.1) is 0 Å². The molecule has 6 heteroatoms. The monoisotopic (exact) mass is 309 g/mol. The molecule has 0 aliphatic heterocycles. The van der Waals surface area contributed by atoms with Crippen LogP contribution in [0.2, 0.25) is 0 Å². The molecule has 2 atom stereocenters. The number of carboxylic acids is 1. The molecule has 1 aliphatic carbocycles. The van der Waals surface area contributed by atoms with Crippen LogP contribution in [0.25, 0.3) is 0 Å². The van der Waals surface area contributed by atoms with Gasteiger partial charge in [-0.2, -0.15) is 0 Å². The molecule has 5 nitrogen and oxygen atoms in total. The van der Waals surface area contributed by atoms with Crippen LogP contribution in [-0.2, 0) is 9.59 Å². The number of hydrogen-bond donors (Lipinski definition) is 2. The molecule has 0 fully saturated rings. The second-order valence-corrected chi connectivity index (χ2v) is 4.86. The quantitative estimate of drug-likeness (QED) is 0.660. The standard InChI is InChI=1S/C8H11NO3.C7H5ClO/c9-7(10)5-3-1-2-4-6(5)8(11)12;8-7(9)6-4-2-1-3-5-6/h1,3,5-6H,2,4H2,(H2,9,10)(H,11,12);1-5H. The molecular weight excluding hydrogens is 294 g/mol. The van der Waals surface area contributed by atoms with E-state index in [1.807, 2.05) is 6.07 Å². The number of benzene rings is 1. The van der Waals surface area contributed by atoms with E-state index in [1.54, 1.807) is 36.4 Å². The number of carbonyl (C=O) groups is 3. The molecule has 1 aliphatic rings. The molecule has 2 rings (SSSR count). The zero-order valence-electron chi connectivity index (χ0n) is 11.2. The van der Waals surface area contributed by atoms with Crippen molar-refractivity contribution in [3.8, 4) is 0 Å². The van der Waals surface area contributed by atoms with Crippen LogP contribution in [0.15, 0.2) is 42.5 Å². The number of halogens is 1. The molecule has 1 amide bonds. The van der Waals surface area contributed by atoms with Crippen LogP contribution in [0.4, 0.5) is 0 Å². The highest BCUT2D eigenvalue weighted by Gasteiger charge is 2.31. The highest BCUT2D eigenvalue weighted by molar-refractivity contribution is 6.67. The molecule has 0 bridgehead atoms. The molecule has 0 saturated heterocycles. The van der Waals surface area contributed by atoms with Crippen molar-refractivity contribution in [3.63, 3.8) is 0 Å². The average Bonchev–Trinajstić information content (AvgIpc) is 2.48. The van der Waals surface area contributed by atoms with Gasteiger partial charge < -0.3 is 10.8 Å². The molecule has 0 heterocycles. The number of carbonyl (C=O) groups excluding carboxylic acids is 2. The summed E-state index contributed by atoms with van der Waals surface area (Å²) in [6, 6.07) is 8.74. The van der Waals surface area contributed by atoms with Crippen molar-refractivity contribution in [2.24, 2.45) is 17.6 Å². The second kappa shape index (κ2) is 8.21. The first-order valence-electron chi connectivity index (χ1n) is 6.37. The van der Waals surface area contributed by atoms with E-state index in [0.29, 0.717) is 18.4 Å². The smallest absolute Gasteiger partial charge is 0.307 e. The third-order valence-corrected chi connectivity index (χ3v) is 3.29. The fourth-order valence-corrected chi connectivity index (χ4v) is 2.10. The average molecular weight is 310 g/mol. The van der Waals surface area contributed by atoms with Gasteiger partial charge in [-0.25, -0.2) is 0 Å². The Balaban J connectivity index is 0.000000219. The lowest BCUT2D eigenvalue weighted by atomic mass is 9.83. The van der Waals surface area contributed by atoms with Crippen LogP contribution in [0.1, 0.15) is 23.2 Å². The third-order valence-electron chi connectivity index (χ3n) is 3.07. The zero-order chi connectivity index (χ0) is 15.8. The van der Waals surface area contributed by atoms with E-state index >= 15 is 0 Å². The summed E-state index contributed by atoms with van der Waals surface area (Å²) in [4.78, 5) is 31.8. The number of allylic oxidation sites excluding steroid dienone is 1. The Bertz CT molecular complexity index is 542. The first-order chi connectivity index (χ1) is 9.93. The predicted octanol–water partition coefficient (Wildman–Crippen LogP) is 2.20. The second-order valence-electron chi connectivity index (χ2n) is 4.52. The Kier molecular flexibility index (Phi) is 6.62. The maximum atomic E-state index is 10.8. The molecule has 0 saturated carbocycles. The van der Waals surface area contributed by atoms with Crippen LogP contribution in [0, 0.1) is 11.8 Å². The number of carboxylic acid groups (broad SMARTS) is 1. The maximum absolute atomic E-state index is 10.8. The number of hydrogen-bond acceptors (Lipinski definition) is 3. The molecule has 3 N–H and O–H groups in total. The molecule has 2 unspecified atom stereocenters. The van der Waals surface area contributed by atoms with Gasteiger partial charge in [-0.3, -0.25) is 14.4 Å². The summed E-state index contributed by atoms with van der Waals surface area (Å²) in [6.07, 6.45) is 4.60. The summed E-state index contributed by atoms with van der Waals surface area (Å²) < 4.78 is 0. The van der Waals surface area contributed by atoms with Crippen LogP contribution < -0.4 is 5.73 Å². The van der Waals surface area contributed by atoms with Crippen LogP contribution >= 0.6 is 11.6 Å². The van der Waals surface area contributed by atoms with Crippen molar-refractivity contribution in [2.75, 3.05) is 0 Å². The highest BCUT2D eigenvalue weighted by atomic mass is 35.5. The molecule has 0 radical (unpaired) electrons. The molecule has 1 aromatic rings. The van der Waals surface area contributed by atoms with Crippen molar-refractivity contribution in [2.45, 2.75) is 12.8 Å². The Morgan fingerprint density at radius 2 is 1.81 bits per heavy atom. The van der Waals surface area contributed by atoms with E-state index in [4.69, 9.17) is 22.4 Å². The lowest BCUT2D eigenvalue weighted by Crippen LogP contribution is -2.34. The number of nitrogens with two attached hydrogens (primary N) is 1. The molecule has 1 aromatic carbocycles. The Labute approximate surface area is 127 Å². The third kappa shape index (κ3) is 5.39. The molecule has 21 heavy (non-hydrogen) atoms. The normalized spacial score (nSPS) is 20.0. The number of amides is 1. The van der Waals surface area contributed by atoms with Crippen molar-refractivity contribution in [1.82, 2.24) is 0 Å². The van der Waals surface area contributed by atoms with Crippen molar-refractivity contribution >= 4 is 28.7 Å². The van der Waals surface area contributed by atoms with Gasteiger partial charge in [0.05, 0.1) is 11.8 Å². The van der Waals surface area contributed by atoms with E-state index < -0.39 is 29.0 Å². The van der Waals surface area contributed by atoms with E-state index in [1.165, 1.54) is 0 Å². The fraction of sp³-hybridized carbons (Fsp3) is 0.267. The SMILES string of the molecule is NC(=O)C1C=CCCC1C(=O)O.O=C(Cl)c1ccccc1. The summed E-state index contributed by atoms with van der Waals surface area (Å²) in [7, 11) is 0. The number of aliphatic carboxylic acids is 1. The summed E-state index contributed by atoms with van der Waals surface area (Å²) in [6.45, 7) is 0. The molecular formula is C15H16ClNO4. The molecule has 112 valence electrons. The minimum atomic E-state index is -0.942. The lowest BCUT2D eigenvalue weighted by molar-refractivity contribution is -0.146. The molecule has 0 aromatic heterocycles. The topological polar surface area (TPSA) is 97.5 Å². The van der Waals surface area contributed by atoms with Gasteiger partial charge in [-0.1, -0.05) is 42.5 Å². The van der Waals surface area contributed by atoms with Gasteiger partial charge in [0, 0.05) is 5.56 Å². The molecule has 0 spiro atoms. The number of primary amides is 1. The van der Waals surface area contributed by atoms with E-state index in [-0.39, 0.29) is 0 Å². The zero-order valence-corrected chi connectivity index (χ0v) is 12.0. The summed E-state index contributed by atoms with van der Waals surface area (Å²) in [5.41, 5.74) is 5.58. The highest BCUT2D eigenvalue weighted by Crippen LogP contribution is 2.24. The van der Waals surface area contributed by atoms with E-state index in [9.17, 15) is 14.4 Å². The van der Waals surface area contributed by atoms with Crippen LogP contribution in [0.5, 0.6) is 0 Å². The first kappa shape index (κ1) is 16.9. The minimum Gasteiger partial charge on any atom is -0.481 e. The Morgan fingerprint density at radius 3 is 2.19 bits per heavy atom.